The number of anilines is 1. The Balaban J connectivity index is 1.85. The molecule has 2 atom stereocenters. The maximum Gasteiger partial charge on any atom is 0.262 e. The molecule has 0 bridgehead atoms. The lowest BCUT2D eigenvalue weighted by molar-refractivity contribution is 0.0910. The standard InChI is InChI=1S/C22H28N2O4S/c1-15-8-4-5-9-18(15)23-22(25)17-13-12-16(2)21(14-17)29(26,27)24-19-10-6-7-11-20(19)28-3/h6-7,10-15,18,24H,4-5,8-9H2,1-3H3,(H,23,25)/t15-,18+/m0/s1. The number of nitrogens with one attached hydrogen (secondary N) is 2. The van der Waals surface area contributed by atoms with E-state index < -0.39 is 10.0 Å². The minimum atomic E-state index is -3.89. The van der Waals surface area contributed by atoms with E-state index in [1.54, 1.807) is 43.3 Å². The lowest BCUT2D eigenvalue weighted by Gasteiger charge is -2.29. The molecule has 2 N–H and O–H groups in total. The number of carbonyl (C=O) groups is 1. The first-order valence-corrected chi connectivity index (χ1v) is 11.4. The Bertz CT molecular complexity index is 988. The van der Waals surface area contributed by atoms with E-state index in [2.05, 4.69) is 17.0 Å². The van der Waals surface area contributed by atoms with Gasteiger partial charge in [0.05, 0.1) is 17.7 Å². The average Bonchev–Trinajstić information content (AvgIpc) is 2.70. The van der Waals surface area contributed by atoms with Gasteiger partial charge < -0.3 is 10.1 Å². The molecular formula is C22H28N2O4S. The number of ether oxygens (including phenoxy) is 1. The van der Waals surface area contributed by atoms with E-state index >= 15 is 0 Å². The van der Waals surface area contributed by atoms with Crippen LogP contribution in [0.3, 0.4) is 0 Å². The largest absolute Gasteiger partial charge is 0.495 e. The molecule has 6 nitrogen and oxygen atoms in total. The van der Waals surface area contributed by atoms with Crippen molar-refractivity contribution < 1.29 is 17.9 Å². The van der Waals surface area contributed by atoms with Gasteiger partial charge >= 0.3 is 0 Å². The third-order valence-corrected chi connectivity index (χ3v) is 7.03. The lowest BCUT2D eigenvalue weighted by atomic mass is 9.86. The fraction of sp³-hybridized carbons (Fsp3) is 0.409. The third kappa shape index (κ3) is 4.90. The second kappa shape index (κ2) is 8.86. The van der Waals surface area contributed by atoms with Crippen molar-refractivity contribution in [2.75, 3.05) is 11.8 Å². The summed E-state index contributed by atoms with van der Waals surface area (Å²) < 4.78 is 33.8. The Morgan fingerprint density at radius 3 is 2.55 bits per heavy atom. The van der Waals surface area contributed by atoms with Crippen molar-refractivity contribution in [3.05, 3.63) is 53.6 Å². The van der Waals surface area contributed by atoms with Crippen LogP contribution < -0.4 is 14.8 Å². The number of aryl methyl sites for hydroxylation is 1. The number of hydrogen-bond donors (Lipinski definition) is 2. The van der Waals surface area contributed by atoms with E-state index in [0.29, 0.717) is 28.5 Å². The number of amides is 1. The highest BCUT2D eigenvalue weighted by molar-refractivity contribution is 7.92. The van der Waals surface area contributed by atoms with E-state index in [1.165, 1.54) is 19.6 Å². The molecule has 0 aromatic heterocycles. The van der Waals surface area contributed by atoms with Crippen LogP contribution in [0.4, 0.5) is 5.69 Å². The van der Waals surface area contributed by atoms with E-state index in [-0.39, 0.29) is 16.8 Å². The number of sulfonamides is 1. The van der Waals surface area contributed by atoms with Crippen molar-refractivity contribution >= 4 is 21.6 Å². The third-order valence-electron chi connectivity index (χ3n) is 5.52. The quantitative estimate of drug-likeness (QED) is 0.742. The van der Waals surface area contributed by atoms with Crippen LogP contribution in [-0.4, -0.2) is 27.5 Å². The first-order chi connectivity index (χ1) is 13.8. The zero-order valence-corrected chi connectivity index (χ0v) is 17.9. The molecule has 1 fully saturated rings. The molecule has 3 rings (SSSR count). The number of carbonyl (C=O) groups excluding carboxylic acids is 1. The second-order valence-corrected chi connectivity index (χ2v) is 9.28. The normalized spacial score (nSPS) is 19.4. The molecule has 0 spiro atoms. The van der Waals surface area contributed by atoms with Crippen LogP contribution in [0.5, 0.6) is 5.75 Å². The summed E-state index contributed by atoms with van der Waals surface area (Å²) in [5.41, 5.74) is 1.25. The highest BCUT2D eigenvalue weighted by Gasteiger charge is 2.25. The Morgan fingerprint density at radius 1 is 1.10 bits per heavy atom. The number of benzene rings is 2. The van der Waals surface area contributed by atoms with Crippen molar-refractivity contribution in [3.8, 4) is 5.75 Å². The van der Waals surface area contributed by atoms with Crippen LogP contribution in [0.2, 0.25) is 0 Å². The molecule has 1 aliphatic carbocycles. The fourth-order valence-electron chi connectivity index (χ4n) is 3.74. The molecule has 156 valence electrons. The van der Waals surface area contributed by atoms with Crippen LogP contribution in [-0.2, 0) is 10.0 Å². The van der Waals surface area contributed by atoms with Gasteiger partial charge in [-0.2, -0.15) is 0 Å². The number of para-hydroxylation sites is 2. The van der Waals surface area contributed by atoms with Crippen molar-refractivity contribution in [2.24, 2.45) is 5.92 Å². The molecule has 2 aromatic rings. The first kappa shape index (κ1) is 21.2. The molecule has 0 radical (unpaired) electrons. The molecule has 1 saturated carbocycles. The van der Waals surface area contributed by atoms with Gasteiger partial charge in [-0.3, -0.25) is 9.52 Å². The first-order valence-electron chi connectivity index (χ1n) is 9.89. The molecule has 0 saturated heterocycles. The summed E-state index contributed by atoms with van der Waals surface area (Å²) in [7, 11) is -2.40. The van der Waals surface area contributed by atoms with Crippen LogP contribution in [0.15, 0.2) is 47.4 Å². The molecule has 7 heteroatoms. The summed E-state index contributed by atoms with van der Waals surface area (Å²) in [6.45, 7) is 3.86. The maximum absolute atomic E-state index is 13.0. The SMILES string of the molecule is COc1ccccc1NS(=O)(=O)c1cc(C(=O)N[C@@H]2CCCC[C@@H]2C)ccc1C. The Kier molecular flexibility index (Phi) is 6.47. The van der Waals surface area contributed by atoms with Gasteiger partial charge in [0.25, 0.3) is 15.9 Å². The zero-order valence-electron chi connectivity index (χ0n) is 17.1. The summed E-state index contributed by atoms with van der Waals surface area (Å²) >= 11 is 0. The minimum Gasteiger partial charge on any atom is -0.495 e. The van der Waals surface area contributed by atoms with Crippen molar-refractivity contribution in [1.82, 2.24) is 5.32 Å². The average molecular weight is 417 g/mol. The zero-order chi connectivity index (χ0) is 21.0. The van der Waals surface area contributed by atoms with Gasteiger partial charge in [0, 0.05) is 11.6 Å². The second-order valence-electron chi connectivity index (χ2n) is 7.63. The van der Waals surface area contributed by atoms with E-state index in [0.717, 1.165) is 19.3 Å². The van der Waals surface area contributed by atoms with E-state index in [9.17, 15) is 13.2 Å². The highest BCUT2D eigenvalue weighted by atomic mass is 32.2. The van der Waals surface area contributed by atoms with Gasteiger partial charge in [0.2, 0.25) is 0 Å². The van der Waals surface area contributed by atoms with E-state index in [4.69, 9.17) is 4.74 Å². The van der Waals surface area contributed by atoms with Gasteiger partial charge in [-0.1, -0.05) is 38.0 Å². The molecule has 1 aliphatic rings. The van der Waals surface area contributed by atoms with Gasteiger partial charge in [-0.15, -0.1) is 0 Å². The molecule has 0 unspecified atom stereocenters. The molecule has 1 amide bonds. The summed E-state index contributed by atoms with van der Waals surface area (Å²) in [4.78, 5) is 12.8. The number of methoxy groups -OCH3 is 1. The number of hydrogen-bond acceptors (Lipinski definition) is 4. The summed E-state index contributed by atoms with van der Waals surface area (Å²) in [6, 6.07) is 11.7. The van der Waals surface area contributed by atoms with Gasteiger partial charge in [0.15, 0.2) is 0 Å². The van der Waals surface area contributed by atoms with Crippen LogP contribution >= 0.6 is 0 Å². The fourth-order valence-corrected chi connectivity index (χ4v) is 5.08. The Morgan fingerprint density at radius 2 is 1.83 bits per heavy atom. The van der Waals surface area contributed by atoms with Crippen LogP contribution in [0, 0.1) is 12.8 Å². The van der Waals surface area contributed by atoms with E-state index in [1.807, 2.05) is 0 Å². The summed E-state index contributed by atoms with van der Waals surface area (Å²) in [6.07, 6.45) is 4.35. The molecule has 0 heterocycles. The van der Waals surface area contributed by atoms with Gasteiger partial charge in [-0.25, -0.2) is 8.42 Å². The summed E-state index contributed by atoms with van der Waals surface area (Å²) in [5.74, 6) is 0.611. The van der Waals surface area contributed by atoms with Crippen molar-refractivity contribution in [2.45, 2.75) is 50.5 Å². The molecular weight excluding hydrogens is 388 g/mol. The van der Waals surface area contributed by atoms with Crippen molar-refractivity contribution in [1.29, 1.82) is 0 Å². The molecule has 29 heavy (non-hydrogen) atoms. The van der Waals surface area contributed by atoms with Gasteiger partial charge in [-0.05, 0) is 55.5 Å². The monoisotopic (exact) mass is 416 g/mol. The summed E-state index contributed by atoms with van der Waals surface area (Å²) in [5, 5.41) is 3.08. The minimum absolute atomic E-state index is 0.0766. The lowest BCUT2D eigenvalue weighted by Crippen LogP contribution is -2.41. The van der Waals surface area contributed by atoms with Crippen LogP contribution in [0.25, 0.3) is 0 Å². The smallest absolute Gasteiger partial charge is 0.262 e. The predicted octanol–water partition coefficient (Wildman–Crippen LogP) is 4.11. The predicted molar refractivity (Wildman–Crippen MR) is 114 cm³/mol. The maximum atomic E-state index is 13.0. The topological polar surface area (TPSA) is 84.5 Å². The van der Waals surface area contributed by atoms with Crippen LogP contribution in [0.1, 0.15) is 48.5 Å². The molecule has 0 aliphatic heterocycles. The highest BCUT2D eigenvalue weighted by Crippen LogP contribution is 2.28. The Hall–Kier alpha value is -2.54. The number of rotatable bonds is 6. The van der Waals surface area contributed by atoms with Crippen molar-refractivity contribution in [3.63, 3.8) is 0 Å². The van der Waals surface area contributed by atoms with Gasteiger partial charge in [0.1, 0.15) is 5.75 Å². The molecule has 2 aromatic carbocycles. The Labute approximate surface area is 172 Å².